The maximum absolute atomic E-state index is 11.2. The molecule has 0 spiro atoms. The summed E-state index contributed by atoms with van der Waals surface area (Å²) < 4.78 is 5.75. The summed E-state index contributed by atoms with van der Waals surface area (Å²) >= 11 is 0. The van der Waals surface area contributed by atoms with Crippen LogP contribution in [0.3, 0.4) is 0 Å². The van der Waals surface area contributed by atoms with Crippen molar-refractivity contribution in [3.8, 4) is 5.75 Å². The molecule has 0 bridgehead atoms. The standard InChI is InChI=1S/C17H19NO2/c1-13(19)17(18)11-15-8-5-9-16(10-15)20-12-14-6-3-2-4-7-14/h2-10,17H,11-12,18H2,1H3. The van der Waals surface area contributed by atoms with E-state index in [9.17, 15) is 4.79 Å². The molecule has 2 rings (SSSR count). The number of benzene rings is 2. The molecule has 0 aliphatic rings. The Balaban J connectivity index is 1.97. The minimum atomic E-state index is -0.445. The number of ether oxygens (including phenoxy) is 1. The Morgan fingerprint density at radius 3 is 2.50 bits per heavy atom. The lowest BCUT2D eigenvalue weighted by molar-refractivity contribution is -0.118. The van der Waals surface area contributed by atoms with Gasteiger partial charge in [0.25, 0.3) is 0 Å². The van der Waals surface area contributed by atoms with Crippen molar-refractivity contribution in [1.82, 2.24) is 0 Å². The van der Waals surface area contributed by atoms with E-state index in [1.165, 1.54) is 6.92 Å². The zero-order valence-electron chi connectivity index (χ0n) is 11.6. The van der Waals surface area contributed by atoms with Gasteiger partial charge in [-0.25, -0.2) is 0 Å². The number of hydrogen-bond donors (Lipinski definition) is 1. The van der Waals surface area contributed by atoms with Crippen LogP contribution in [-0.2, 0) is 17.8 Å². The van der Waals surface area contributed by atoms with Crippen LogP contribution in [0.2, 0.25) is 0 Å². The van der Waals surface area contributed by atoms with Crippen molar-refractivity contribution in [2.24, 2.45) is 5.73 Å². The summed E-state index contributed by atoms with van der Waals surface area (Å²) in [7, 11) is 0. The smallest absolute Gasteiger partial charge is 0.146 e. The Labute approximate surface area is 119 Å². The lowest BCUT2D eigenvalue weighted by atomic mass is 10.0. The Kier molecular flexibility index (Phi) is 4.91. The van der Waals surface area contributed by atoms with Crippen LogP contribution in [-0.4, -0.2) is 11.8 Å². The van der Waals surface area contributed by atoms with Gasteiger partial charge in [-0.1, -0.05) is 42.5 Å². The number of rotatable bonds is 6. The van der Waals surface area contributed by atoms with Crippen molar-refractivity contribution < 1.29 is 9.53 Å². The van der Waals surface area contributed by atoms with Crippen molar-refractivity contribution in [2.75, 3.05) is 0 Å². The summed E-state index contributed by atoms with van der Waals surface area (Å²) in [6.07, 6.45) is 0.540. The zero-order chi connectivity index (χ0) is 14.4. The number of carbonyl (C=O) groups excluding carboxylic acids is 1. The Hall–Kier alpha value is -2.13. The van der Waals surface area contributed by atoms with Crippen LogP contribution in [0.15, 0.2) is 54.6 Å². The van der Waals surface area contributed by atoms with Crippen LogP contribution < -0.4 is 10.5 Å². The van der Waals surface area contributed by atoms with Crippen molar-refractivity contribution in [1.29, 1.82) is 0 Å². The fraction of sp³-hybridized carbons (Fsp3) is 0.235. The van der Waals surface area contributed by atoms with Crippen LogP contribution in [0, 0.1) is 0 Å². The molecule has 3 nitrogen and oxygen atoms in total. The molecule has 1 unspecified atom stereocenters. The normalized spacial score (nSPS) is 11.9. The highest BCUT2D eigenvalue weighted by Crippen LogP contribution is 2.16. The lowest BCUT2D eigenvalue weighted by Crippen LogP contribution is -2.30. The van der Waals surface area contributed by atoms with Crippen LogP contribution in [0.1, 0.15) is 18.1 Å². The van der Waals surface area contributed by atoms with Gasteiger partial charge < -0.3 is 10.5 Å². The molecule has 0 saturated carbocycles. The molecule has 20 heavy (non-hydrogen) atoms. The van der Waals surface area contributed by atoms with E-state index in [2.05, 4.69) is 0 Å². The van der Waals surface area contributed by atoms with Gasteiger partial charge in [-0.15, -0.1) is 0 Å². The van der Waals surface area contributed by atoms with Crippen molar-refractivity contribution in [3.05, 3.63) is 65.7 Å². The molecule has 0 saturated heterocycles. The molecule has 1 atom stereocenters. The van der Waals surface area contributed by atoms with Gasteiger partial charge in [0.15, 0.2) is 0 Å². The molecule has 0 radical (unpaired) electrons. The monoisotopic (exact) mass is 269 g/mol. The summed E-state index contributed by atoms with van der Waals surface area (Å²) in [6.45, 7) is 2.05. The van der Waals surface area contributed by atoms with Crippen LogP contribution in [0.4, 0.5) is 0 Å². The highest BCUT2D eigenvalue weighted by atomic mass is 16.5. The van der Waals surface area contributed by atoms with Gasteiger partial charge >= 0.3 is 0 Å². The van der Waals surface area contributed by atoms with Gasteiger partial charge in [0.2, 0.25) is 0 Å². The molecule has 0 amide bonds. The fourth-order valence-electron chi connectivity index (χ4n) is 1.90. The summed E-state index contributed by atoms with van der Waals surface area (Å²) in [5, 5.41) is 0. The minimum absolute atomic E-state index is 0.000562. The van der Waals surface area contributed by atoms with Gasteiger partial charge in [0, 0.05) is 0 Å². The van der Waals surface area contributed by atoms with E-state index in [0.29, 0.717) is 13.0 Å². The second-order valence-corrected chi connectivity index (χ2v) is 4.84. The fourth-order valence-corrected chi connectivity index (χ4v) is 1.90. The van der Waals surface area contributed by atoms with E-state index in [1.807, 2.05) is 54.6 Å². The molecular formula is C17H19NO2. The van der Waals surface area contributed by atoms with Gasteiger partial charge in [-0.3, -0.25) is 4.79 Å². The van der Waals surface area contributed by atoms with E-state index in [0.717, 1.165) is 16.9 Å². The maximum Gasteiger partial charge on any atom is 0.146 e. The highest BCUT2D eigenvalue weighted by Gasteiger charge is 2.09. The van der Waals surface area contributed by atoms with Gasteiger partial charge in [0.1, 0.15) is 18.1 Å². The van der Waals surface area contributed by atoms with Crippen LogP contribution in [0.25, 0.3) is 0 Å². The van der Waals surface area contributed by atoms with Crippen molar-refractivity contribution >= 4 is 5.78 Å². The van der Waals surface area contributed by atoms with E-state index < -0.39 is 6.04 Å². The lowest BCUT2D eigenvalue weighted by Gasteiger charge is -2.10. The molecule has 104 valence electrons. The third kappa shape index (κ3) is 4.21. The molecule has 2 aromatic carbocycles. The molecule has 0 aromatic heterocycles. The molecular weight excluding hydrogens is 250 g/mol. The molecule has 0 aliphatic carbocycles. The summed E-state index contributed by atoms with van der Waals surface area (Å²) in [5.74, 6) is 0.794. The molecule has 3 heteroatoms. The molecule has 2 aromatic rings. The van der Waals surface area contributed by atoms with Crippen molar-refractivity contribution in [3.63, 3.8) is 0 Å². The van der Waals surface area contributed by atoms with Crippen LogP contribution >= 0.6 is 0 Å². The first kappa shape index (κ1) is 14.3. The average Bonchev–Trinajstić information content (AvgIpc) is 2.46. The highest BCUT2D eigenvalue weighted by molar-refractivity contribution is 5.81. The van der Waals surface area contributed by atoms with Gasteiger partial charge in [-0.2, -0.15) is 0 Å². The van der Waals surface area contributed by atoms with E-state index in [1.54, 1.807) is 0 Å². The summed E-state index contributed by atoms with van der Waals surface area (Å²) in [4.78, 5) is 11.2. The van der Waals surface area contributed by atoms with E-state index >= 15 is 0 Å². The molecule has 0 heterocycles. The number of hydrogen-bond acceptors (Lipinski definition) is 3. The predicted octanol–water partition coefficient (Wildman–Crippen LogP) is 2.72. The van der Waals surface area contributed by atoms with Crippen LogP contribution in [0.5, 0.6) is 5.75 Å². The molecule has 2 N–H and O–H groups in total. The quantitative estimate of drug-likeness (QED) is 0.877. The minimum Gasteiger partial charge on any atom is -0.489 e. The third-order valence-electron chi connectivity index (χ3n) is 3.12. The number of ketones is 1. The van der Waals surface area contributed by atoms with Gasteiger partial charge in [0.05, 0.1) is 6.04 Å². The zero-order valence-corrected chi connectivity index (χ0v) is 11.6. The number of Topliss-reactive ketones (excluding diaryl/α,β-unsaturated/α-hetero) is 1. The first-order valence-electron chi connectivity index (χ1n) is 6.67. The van der Waals surface area contributed by atoms with Gasteiger partial charge in [-0.05, 0) is 36.6 Å². The van der Waals surface area contributed by atoms with E-state index in [4.69, 9.17) is 10.5 Å². The largest absolute Gasteiger partial charge is 0.489 e. The van der Waals surface area contributed by atoms with E-state index in [-0.39, 0.29) is 5.78 Å². The Morgan fingerprint density at radius 2 is 1.80 bits per heavy atom. The molecule has 0 fully saturated rings. The Morgan fingerprint density at radius 1 is 1.10 bits per heavy atom. The second-order valence-electron chi connectivity index (χ2n) is 4.84. The molecule has 0 aliphatic heterocycles. The second kappa shape index (κ2) is 6.87. The average molecular weight is 269 g/mol. The summed E-state index contributed by atoms with van der Waals surface area (Å²) in [5.41, 5.74) is 7.91. The summed E-state index contributed by atoms with van der Waals surface area (Å²) in [6, 6.07) is 17.3. The van der Waals surface area contributed by atoms with Crippen molar-refractivity contribution in [2.45, 2.75) is 26.0 Å². The predicted molar refractivity (Wildman–Crippen MR) is 79.6 cm³/mol. The maximum atomic E-state index is 11.2. The first-order chi connectivity index (χ1) is 9.65. The third-order valence-corrected chi connectivity index (χ3v) is 3.12. The topological polar surface area (TPSA) is 52.3 Å². The number of nitrogens with two attached hydrogens (primary N) is 1. The number of carbonyl (C=O) groups is 1. The SMILES string of the molecule is CC(=O)C(N)Cc1cccc(OCc2ccccc2)c1. The first-order valence-corrected chi connectivity index (χ1v) is 6.67. The Bertz CT molecular complexity index is 566.